The van der Waals surface area contributed by atoms with Crippen molar-refractivity contribution < 1.29 is 9.23 Å². The molecule has 0 aromatic heterocycles. The van der Waals surface area contributed by atoms with E-state index < -0.39 is 5.82 Å². The van der Waals surface area contributed by atoms with Gasteiger partial charge in [0, 0.05) is 0 Å². The third-order valence-electron chi connectivity index (χ3n) is 1.44. The SMILES string of the molecule is CCO/N=C(\N)c1ccccc1F. The average molecular weight is 182 g/mol. The van der Waals surface area contributed by atoms with E-state index in [1.807, 2.05) is 0 Å². The molecule has 0 fully saturated rings. The Bertz CT molecular complexity index is 312. The van der Waals surface area contributed by atoms with E-state index in [1.165, 1.54) is 6.07 Å². The molecule has 0 aliphatic rings. The first-order chi connectivity index (χ1) is 6.25. The third kappa shape index (κ3) is 2.43. The van der Waals surface area contributed by atoms with Crippen molar-refractivity contribution in [1.82, 2.24) is 0 Å². The van der Waals surface area contributed by atoms with Gasteiger partial charge in [0.05, 0.1) is 5.56 Å². The molecule has 0 heterocycles. The molecule has 0 aliphatic carbocycles. The average Bonchev–Trinajstić information content (AvgIpc) is 2.15. The minimum absolute atomic E-state index is 0.0555. The van der Waals surface area contributed by atoms with Crippen molar-refractivity contribution in [3.05, 3.63) is 35.6 Å². The van der Waals surface area contributed by atoms with Crippen molar-refractivity contribution in [3.63, 3.8) is 0 Å². The highest BCUT2D eigenvalue weighted by Gasteiger charge is 2.04. The first kappa shape index (κ1) is 9.51. The van der Waals surface area contributed by atoms with Gasteiger partial charge in [-0.1, -0.05) is 17.3 Å². The van der Waals surface area contributed by atoms with Gasteiger partial charge >= 0.3 is 0 Å². The Morgan fingerprint density at radius 3 is 2.85 bits per heavy atom. The van der Waals surface area contributed by atoms with E-state index in [0.717, 1.165) is 0 Å². The second-order valence-corrected chi connectivity index (χ2v) is 2.37. The van der Waals surface area contributed by atoms with Crippen LogP contribution in [0.3, 0.4) is 0 Å². The monoisotopic (exact) mass is 182 g/mol. The van der Waals surface area contributed by atoms with Crippen LogP contribution in [-0.2, 0) is 4.84 Å². The Kier molecular flexibility index (Phi) is 3.25. The molecule has 0 spiro atoms. The lowest BCUT2D eigenvalue weighted by Gasteiger charge is -2.00. The zero-order chi connectivity index (χ0) is 9.68. The van der Waals surface area contributed by atoms with E-state index in [0.29, 0.717) is 6.61 Å². The Balaban J connectivity index is 2.88. The molecule has 70 valence electrons. The molecule has 0 saturated carbocycles. The molecule has 0 aliphatic heterocycles. The first-order valence-corrected chi connectivity index (χ1v) is 3.96. The summed E-state index contributed by atoms with van der Waals surface area (Å²) in [4.78, 5) is 4.70. The molecule has 2 N–H and O–H groups in total. The van der Waals surface area contributed by atoms with Crippen LogP contribution >= 0.6 is 0 Å². The smallest absolute Gasteiger partial charge is 0.173 e. The molecule has 0 radical (unpaired) electrons. The van der Waals surface area contributed by atoms with Crippen molar-refractivity contribution in [1.29, 1.82) is 0 Å². The summed E-state index contributed by atoms with van der Waals surface area (Å²) in [6.07, 6.45) is 0. The molecule has 0 atom stereocenters. The summed E-state index contributed by atoms with van der Waals surface area (Å²) < 4.78 is 13.1. The van der Waals surface area contributed by atoms with Crippen LogP contribution in [0.1, 0.15) is 12.5 Å². The van der Waals surface area contributed by atoms with E-state index in [-0.39, 0.29) is 11.4 Å². The highest BCUT2D eigenvalue weighted by Crippen LogP contribution is 2.05. The maximum Gasteiger partial charge on any atom is 0.173 e. The number of nitrogens with zero attached hydrogens (tertiary/aromatic N) is 1. The second kappa shape index (κ2) is 4.45. The highest BCUT2D eigenvalue weighted by atomic mass is 19.1. The van der Waals surface area contributed by atoms with Gasteiger partial charge in [-0.05, 0) is 19.1 Å². The van der Waals surface area contributed by atoms with Crippen LogP contribution < -0.4 is 5.73 Å². The Labute approximate surface area is 76.0 Å². The van der Waals surface area contributed by atoms with E-state index >= 15 is 0 Å². The van der Waals surface area contributed by atoms with E-state index in [1.54, 1.807) is 25.1 Å². The number of halogens is 1. The summed E-state index contributed by atoms with van der Waals surface area (Å²) in [5, 5.41) is 3.53. The molecule has 1 aromatic carbocycles. The fraction of sp³-hybridized carbons (Fsp3) is 0.222. The van der Waals surface area contributed by atoms with Gasteiger partial charge in [-0.25, -0.2) is 4.39 Å². The van der Waals surface area contributed by atoms with Gasteiger partial charge in [0.1, 0.15) is 12.4 Å². The number of hydrogen-bond acceptors (Lipinski definition) is 2. The summed E-state index contributed by atoms with van der Waals surface area (Å²) in [6.45, 7) is 2.19. The molecule has 0 bridgehead atoms. The number of nitrogens with two attached hydrogens (primary N) is 1. The van der Waals surface area contributed by atoms with Gasteiger partial charge < -0.3 is 10.6 Å². The van der Waals surface area contributed by atoms with Crippen LogP contribution in [-0.4, -0.2) is 12.4 Å². The maximum absolute atomic E-state index is 13.1. The lowest BCUT2D eigenvalue weighted by molar-refractivity contribution is 0.158. The van der Waals surface area contributed by atoms with Crippen LogP contribution in [0.2, 0.25) is 0 Å². The predicted octanol–water partition coefficient (Wildman–Crippen LogP) is 1.48. The number of amidine groups is 1. The predicted molar refractivity (Wildman–Crippen MR) is 48.8 cm³/mol. The molecule has 13 heavy (non-hydrogen) atoms. The molecular formula is C9H11FN2O. The minimum Gasteiger partial charge on any atom is -0.394 e. The molecular weight excluding hydrogens is 171 g/mol. The van der Waals surface area contributed by atoms with Gasteiger partial charge in [-0.3, -0.25) is 0 Å². The minimum atomic E-state index is -0.400. The third-order valence-corrected chi connectivity index (χ3v) is 1.44. The fourth-order valence-electron chi connectivity index (χ4n) is 0.852. The maximum atomic E-state index is 13.1. The molecule has 4 heteroatoms. The lowest BCUT2D eigenvalue weighted by Crippen LogP contribution is -2.15. The number of rotatable bonds is 3. The summed E-state index contributed by atoms with van der Waals surface area (Å²) in [6, 6.07) is 6.15. The summed E-state index contributed by atoms with van der Waals surface area (Å²) in [5.74, 6) is -0.344. The zero-order valence-corrected chi connectivity index (χ0v) is 7.33. The fourth-order valence-corrected chi connectivity index (χ4v) is 0.852. The topological polar surface area (TPSA) is 47.6 Å². The molecule has 0 amide bonds. The quantitative estimate of drug-likeness (QED) is 0.437. The molecule has 0 unspecified atom stereocenters. The van der Waals surface area contributed by atoms with Gasteiger partial charge in [-0.15, -0.1) is 0 Å². The zero-order valence-electron chi connectivity index (χ0n) is 7.33. The summed E-state index contributed by atoms with van der Waals surface area (Å²) >= 11 is 0. The molecule has 0 saturated heterocycles. The van der Waals surface area contributed by atoms with Crippen molar-refractivity contribution >= 4 is 5.84 Å². The second-order valence-electron chi connectivity index (χ2n) is 2.37. The number of oxime groups is 1. The summed E-state index contributed by atoms with van der Waals surface area (Å²) in [5.41, 5.74) is 5.73. The first-order valence-electron chi connectivity index (χ1n) is 3.96. The van der Waals surface area contributed by atoms with Crippen molar-refractivity contribution in [3.8, 4) is 0 Å². The lowest BCUT2D eigenvalue weighted by atomic mass is 10.2. The van der Waals surface area contributed by atoms with E-state index in [9.17, 15) is 4.39 Å². The van der Waals surface area contributed by atoms with Crippen molar-refractivity contribution in [2.75, 3.05) is 6.61 Å². The molecule has 1 aromatic rings. The van der Waals surface area contributed by atoms with Crippen LogP contribution in [0.15, 0.2) is 29.4 Å². The van der Waals surface area contributed by atoms with Crippen molar-refractivity contribution in [2.24, 2.45) is 10.9 Å². The van der Waals surface area contributed by atoms with Crippen LogP contribution in [0.25, 0.3) is 0 Å². The Morgan fingerprint density at radius 1 is 1.54 bits per heavy atom. The van der Waals surface area contributed by atoms with Crippen LogP contribution in [0.5, 0.6) is 0 Å². The van der Waals surface area contributed by atoms with Gasteiger partial charge in [0.15, 0.2) is 5.84 Å². The molecule has 3 nitrogen and oxygen atoms in total. The van der Waals surface area contributed by atoms with Crippen molar-refractivity contribution in [2.45, 2.75) is 6.92 Å². The van der Waals surface area contributed by atoms with E-state index in [2.05, 4.69) is 5.16 Å². The Morgan fingerprint density at radius 2 is 2.23 bits per heavy atom. The summed E-state index contributed by atoms with van der Waals surface area (Å²) in [7, 11) is 0. The number of hydrogen-bond donors (Lipinski definition) is 1. The largest absolute Gasteiger partial charge is 0.394 e. The normalized spacial score (nSPS) is 11.4. The standard InChI is InChI=1S/C9H11FN2O/c1-2-13-12-9(11)7-5-3-4-6-8(7)10/h3-6H,2H2,1H3,(H2,11,12). The van der Waals surface area contributed by atoms with E-state index in [4.69, 9.17) is 10.6 Å². The van der Waals surface area contributed by atoms with Gasteiger partial charge in [0.25, 0.3) is 0 Å². The van der Waals surface area contributed by atoms with Crippen LogP contribution in [0, 0.1) is 5.82 Å². The van der Waals surface area contributed by atoms with Gasteiger partial charge in [0.2, 0.25) is 0 Å². The number of benzene rings is 1. The van der Waals surface area contributed by atoms with Crippen LogP contribution in [0.4, 0.5) is 4.39 Å². The van der Waals surface area contributed by atoms with Gasteiger partial charge in [-0.2, -0.15) is 0 Å². The molecule has 1 rings (SSSR count). The Hall–Kier alpha value is -1.58. The highest BCUT2D eigenvalue weighted by molar-refractivity contribution is 5.97.